The molecule has 1 aromatic rings. The summed E-state index contributed by atoms with van der Waals surface area (Å²) in [7, 11) is 0. The molecule has 0 aliphatic heterocycles. The van der Waals surface area contributed by atoms with E-state index in [1.54, 1.807) is 0 Å². The third-order valence-corrected chi connectivity index (χ3v) is 3.26. The molecule has 0 unspecified atom stereocenters. The van der Waals surface area contributed by atoms with Gasteiger partial charge in [-0.15, -0.1) is 0 Å². The molecule has 0 amide bonds. The second kappa shape index (κ2) is 5.09. The van der Waals surface area contributed by atoms with Crippen molar-refractivity contribution in [2.45, 2.75) is 59.3 Å². The quantitative estimate of drug-likeness (QED) is 0.756. The second-order valence-electron chi connectivity index (χ2n) is 5.75. The van der Waals surface area contributed by atoms with Crippen LogP contribution < -0.4 is 0 Å². The van der Waals surface area contributed by atoms with Gasteiger partial charge < -0.3 is 15.3 Å². The molecule has 0 aliphatic rings. The van der Waals surface area contributed by atoms with E-state index in [1.807, 2.05) is 41.5 Å². The van der Waals surface area contributed by atoms with Crippen molar-refractivity contribution in [1.29, 1.82) is 0 Å². The number of hydrogen-bond acceptors (Lipinski definition) is 3. The Kier molecular flexibility index (Phi) is 4.15. The Bertz CT molecular complexity index is 358. The molecule has 3 N–H and O–H groups in total. The van der Waals surface area contributed by atoms with E-state index in [1.165, 1.54) is 0 Å². The first kappa shape index (κ1) is 14.7. The van der Waals surface area contributed by atoms with Gasteiger partial charge >= 0.3 is 0 Å². The highest BCUT2D eigenvalue weighted by Crippen LogP contribution is 2.50. The Labute approximate surface area is 109 Å². The van der Waals surface area contributed by atoms with Gasteiger partial charge in [-0.1, -0.05) is 41.5 Å². The van der Waals surface area contributed by atoms with Crippen molar-refractivity contribution < 1.29 is 15.3 Å². The lowest BCUT2D eigenvalue weighted by Crippen LogP contribution is -2.02. The van der Waals surface area contributed by atoms with Crippen LogP contribution in [0.3, 0.4) is 0 Å². The molecular formula is C15H24O3. The van der Waals surface area contributed by atoms with Crippen LogP contribution in [0.1, 0.15) is 76.0 Å². The summed E-state index contributed by atoms with van der Waals surface area (Å²) in [4.78, 5) is 0. The SMILES string of the molecule is CC(C)c1c(O)c(C(C)C)c(O)c(C(C)C)c1O. The summed E-state index contributed by atoms with van der Waals surface area (Å²) >= 11 is 0. The first-order valence-corrected chi connectivity index (χ1v) is 6.50. The Balaban J connectivity index is 3.76. The van der Waals surface area contributed by atoms with E-state index in [-0.39, 0.29) is 35.0 Å². The molecule has 0 radical (unpaired) electrons. The van der Waals surface area contributed by atoms with E-state index in [0.717, 1.165) is 0 Å². The third-order valence-electron chi connectivity index (χ3n) is 3.26. The van der Waals surface area contributed by atoms with Gasteiger partial charge in [0.05, 0.1) is 0 Å². The zero-order chi connectivity index (χ0) is 14.2. The average Bonchev–Trinajstić information content (AvgIpc) is 2.14. The smallest absolute Gasteiger partial charge is 0.129 e. The van der Waals surface area contributed by atoms with Gasteiger partial charge in [-0.3, -0.25) is 0 Å². The summed E-state index contributed by atoms with van der Waals surface area (Å²) in [5, 5.41) is 30.8. The van der Waals surface area contributed by atoms with Crippen molar-refractivity contribution in [3.8, 4) is 17.2 Å². The topological polar surface area (TPSA) is 60.7 Å². The van der Waals surface area contributed by atoms with Crippen LogP contribution in [0.2, 0.25) is 0 Å². The fourth-order valence-electron chi connectivity index (χ4n) is 2.41. The van der Waals surface area contributed by atoms with Crippen molar-refractivity contribution in [1.82, 2.24) is 0 Å². The largest absolute Gasteiger partial charge is 0.507 e. The maximum absolute atomic E-state index is 10.3. The molecule has 1 rings (SSSR count). The van der Waals surface area contributed by atoms with Crippen molar-refractivity contribution in [2.24, 2.45) is 0 Å². The second-order valence-corrected chi connectivity index (χ2v) is 5.75. The van der Waals surface area contributed by atoms with Crippen LogP contribution >= 0.6 is 0 Å². The summed E-state index contributed by atoms with van der Waals surface area (Å²) in [6, 6.07) is 0. The molecule has 0 aliphatic carbocycles. The van der Waals surface area contributed by atoms with Gasteiger partial charge in [0.1, 0.15) is 17.2 Å². The molecule has 0 spiro atoms. The van der Waals surface area contributed by atoms with E-state index in [4.69, 9.17) is 0 Å². The number of hydrogen-bond donors (Lipinski definition) is 3. The summed E-state index contributed by atoms with van der Waals surface area (Å²) in [6.45, 7) is 11.5. The molecule has 0 bridgehead atoms. The highest BCUT2D eigenvalue weighted by molar-refractivity contribution is 5.64. The van der Waals surface area contributed by atoms with Crippen molar-refractivity contribution in [2.75, 3.05) is 0 Å². The molecule has 102 valence electrons. The minimum atomic E-state index is 0.000556. The van der Waals surface area contributed by atoms with Crippen molar-refractivity contribution in [3.05, 3.63) is 16.7 Å². The normalized spacial score (nSPS) is 11.8. The molecule has 18 heavy (non-hydrogen) atoms. The lowest BCUT2D eigenvalue weighted by atomic mass is 9.86. The van der Waals surface area contributed by atoms with Crippen LogP contribution in [0.25, 0.3) is 0 Å². The molecular weight excluding hydrogens is 228 g/mol. The molecule has 3 heteroatoms. The van der Waals surface area contributed by atoms with E-state index in [2.05, 4.69) is 0 Å². The van der Waals surface area contributed by atoms with Gasteiger partial charge in [-0.25, -0.2) is 0 Å². The minimum Gasteiger partial charge on any atom is -0.507 e. The van der Waals surface area contributed by atoms with Crippen LogP contribution in [0.15, 0.2) is 0 Å². The standard InChI is InChI=1S/C15H24O3/c1-7(2)10-13(16)11(8(3)4)15(18)12(9(5)6)14(10)17/h7-9,16-18H,1-6H3. The Hall–Kier alpha value is -1.38. The van der Waals surface area contributed by atoms with Gasteiger partial charge in [0, 0.05) is 16.7 Å². The van der Waals surface area contributed by atoms with Crippen molar-refractivity contribution >= 4 is 0 Å². The van der Waals surface area contributed by atoms with E-state index in [0.29, 0.717) is 16.7 Å². The lowest BCUT2D eigenvalue weighted by molar-refractivity contribution is 0.393. The zero-order valence-electron chi connectivity index (χ0n) is 12.1. The number of phenolic OH excluding ortho intramolecular Hbond substituents is 3. The molecule has 1 aromatic carbocycles. The molecule has 0 aromatic heterocycles. The van der Waals surface area contributed by atoms with E-state index >= 15 is 0 Å². The average molecular weight is 252 g/mol. The van der Waals surface area contributed by atoms with E-state index < -0.39 is 0 Å². The van der Waals surface area contributed by atoms with Crippen LogP contribution in [0, 0.1) is 0 Å². The zero-order valence-corrected chi connectivity index (χ0v) is 12.1. The Morgan fingerprint density at radius 2 is 0.667 bits per heavy atom. The van der Waals surface area contributed by atoms with Gasteiger partial charge in [0.2, 0.25) is 0 Å². The maximum atomic E-state index is 10.3. The first-order chi connectivity index (χ1) is 8.20. The number of aromatic hydroxyl groups is 3. The summed E-state index contributed by atoms with van der Waals surface area (Å²) in [5.74, 6) is 0.0833. The summed E-state index contributed by atoms with van der Waals surface area (Å²) in [6.07, 6.45) is 0. The lowest BCUT2D eigenvalue weighted by Gasteiger charge is -2.23. The fraction of sp³-hybridized carbons (Fsp3) is 0.600. The van der Waals surface area contributed by atoms with Gasteiger partial charge in [-0.05, 0) is 17.8 Å². The summed E-state index contributed by atoms with van der Waals surface area (Å²) < 4.78 is 0. The number of rotatable bonds is 3. The van der Waals surface area contributed by atoms with Crippen LogP contribution in [0.4, 0.5) is 0 Å². The summed E-state index contributed by atoms with van der Waals surface area (Å²) in [5.41, 5.74) is 1.58. The molecule has 0 fully saturated rings. The highest BCUT2D eigenvalue weighted by Gasteiger charge is 2.27. The van der Waals surface area contributed by atoms with E-state index in [9.17, 15) is 15.3 Å². The molecule has 0 heterocycles. The molecule has 3 nitrogen and oxygen atoms in total. The monoisotopic (exact) mass is 252 g/mol. The number of phenols is 3. The van der Waals surface area contributed by atoms with Crippen LogP contribution in [-0.2, 0) is 0 Å². The predicted molar refractivity (Wildman–Crippen MR) is 73.7 cm³/mol. The Morgan fingerprint density at radius 1 is 0.500 bits per heavy atom. The van der Waals surface area contributed by atoms with Gasteiger partial charge in [0.25, 0.3) is 0 Å². The van der Waals surface area contributed by atoms with Gasteiger partial charge in [0.15, 0.2) is 0 Å². The number of benzene rings is 1. The van der Waals surface area contributed by atoms with Crippen molar-refractivity contribution in [3.63, 3.8) is 0 Å². The molecule has 0 saturated carbocycles. The molecule has 0 atom stereocenters. The Morgan fingerprint density at radius 3 is 0.778 bits per heavy atom. The minimum absolute atomic E-state index is 0.000556. The predicted octanol–water partition coefficient (Wildman–Crippen LogP) is 4.17. The fourth-order valence-corrected chi connectivity index (χ4v) is 2.41. The first-order valence-electron chi connectivity index (χ1n) is 6.50. The third kappa shape index (κ3) is 2.26. The molecule has 0 saturated heterocycles. The van der Waals surface area contributed by atoms with Gasteiger partial charge in [-0.2, -0.15) is 0 Å². The van der Waals surface area contributed by atoms with Crippen LogP contribution in [-0.4, -0.2) is 15.3 Å². The highest BCUT2D eigenvalue weighted by atomic mass is 16.3. The van der Waals surface area contributed by atoms with Crippen LogP contribution in [0.5, 0.6) is 17.2 Å². The maximum Gasteiger partial charge on any atom is 0.129 e.